The van der Waals surface area contributed by atoms with Crippen LogP contribution in [0.2, 0.25) is 0 Å². The molecule has 0 spiro atoms. The van der Waals surface area contributed by atoms with Crippen molar-refractivity contribution in [3.63, 3.8) is 0 Å². The molecular formula is C20H15N5O2S. The van der Waals surface area contributed by atoms with Crippen molar-refractivity contribution in [2.45, 2.75) is 6.54 Å². The molecule has 0 N–H and O–H groups in total. The first kappa shape index (κ1) is 17.9. The van der Waals surface area contributed by atoms with Crippen LogP contribution in [0.4, 0.5) is 0 Å². The van der Waals surface area contributed by atoms with Crippen molar-refractivity contribution in [2.24, 2.45) is 10.2 Å². The summed E-state index contributed by atoms with van der Waals surface area (Å²) in [5.74, 6) is 0.515. The molecule has 1 aliphatic rings. The summed E-state index contributed by atoms with van der Waals surface area (Å²) in [6.45, 7) is 0.282. The van der Waals surface area contributed by atoms with Crippen LogP contribution in [0.5, 0.6) is 0 Å². The van der Waals surface area contributed by atoms with Crippen molar-refractivity contribution in [2.75, 3.05) is 0 Å². The molecule has 7 nitrogen and oxygen atoms in total. The molecule has 8 heteroatoms. The Labute approximate surface area is 165 Å². The number of thioether (sulfide) groups is 1. The number of hydrogen-bond acceptors (Lipinski definition) is 7. The lowest BCUT2D eigenvalue weighted by atomic mass is 10.2. The van der Waals surface area contributed by atoms with Crippen molar-refractivity contribution in [3.05, 3.63) is 89.2 Å². The number of amides is 1. The maximum Gasteiger partial charge on any atom is 0.267 e. The van der Waals surface area contributed by atoms with Crippen molar-refractivity contribution in [1.29, 1.82) is 0 Å². The summed E-state index contributed by atoms with van der Waals surface area (Å²) in [6, 6.07) is 11.0. The number of hydrogen-bond donors (Lipinski definition) is 0. The molecule has 0 bridgehead atoms. The average molecular weight is 389 g/mol. The topological polar surface area (TPSA) is 83.9 Å². The Kier molecular flexibility index (Phi) is 5.39. The summed E-state index contributed by atoms with van der Waals surface area (Å²) in [5.41, 5.74) is 1.67. The van der Waals surface area contributed by atoms with E-state index in [1.807, 2.05) is 30.3 Å². The van der Waals surface area contributed by atoms with E-state index >= 15 is 0 Å². The lowest BCUT2D eigenvalue weighted by Crippen LogP contribution is -2.28. The van der Waals surface area contributed by atoms with Crippen LogP contribution in [0.15, 0.2) is 87.0 Å². The number of pyridine rings is 2. The summed E-state index contributed by atoms with van der Waals surface area (Å²) < 4.78 is 5.39. The Morgan fingerprint density at radius 1 is 1.07 bits per heavy atom. The second-order valence-electron chi connectivity index (χ2n) is 5.78. The molecule has 0 saturated carbocycles. The molecule has 1 amide bonds. The van der Waals surface area contributed by atoms with Gasteiger partial charge in [-0.25, -0.2) is 0 Å². The summed E-state index contributed by atoms with van der Waals surface area (Å²) in [6.07, 6.45) is 11.7. The second kappa shape index (κ2) is 8.45. The molecule has 0 atom stereocenters. The molecule has 3 aromatic rings. The largest absolute Gasteiger partial charge is 0.467 e. The Bertz CT molecular complexity index is 1030. The smallest absolute Gasteiger partial charge is 0.267 e. The van der Waals surface area contributed by atoms with E-state index in [9.17, 15) is 4.79 Å². The number of carbonyl (C=O) groups excluding carboxylic acids is 1. The van der Waals surface area contributed by atoms with Gasteiger partial charge in [-0.1, -0.05) is 12.1 Å². The molecular weight excluding hydrogens is 374 g/mol. The monoisotopic (exact) mass is 389 g/mol. The van der Waals surface area contributed by atoms with Crippen LogP contribution in [0.1, 0.15) is 16.9 Å². The number of rotatable bonds is 5. The number of carbonyl (C=O) groups is 1. The van der Waals surface area contributed by atoms with Gasteiger partial charge in [0.1, 0.15) is 5.76 Å². The zero-order valence-electron chi connectivity index (χ0n) is 14.7. The maximum atomic E-state index is 12.9. The van der Waals surface area contributed by atoms with Crippen LogP contribution >= 0.6 is 11.8 Å². The minimum atomic E-state index is -0.152. The van der Waals surface area contributed by atoms with Crippen molar-refractivity contribution in [1.82, 2.24) is 14.9 Å². The fourth-order valence-electron chi connectivity index (χ4n) is 2.49. The zero-order chi connectivity index (χ0) is 19.2. The van der Waals surface area contributed by atoms with E-state index in [1.165, 1.54) is 11.8 Å². The number of furan rings is 1. The van der Waals surface area contributed by atoms with Gasteiger partial charge in [-0.3, -0.25) is 19.7 Å². The molecule has 28 heavy (non-hydrogen) atoms. The zero-order valence-corrected chi connectivity index (χ0v) is 15.5. The first-order valence-electron chi connectivity index (χ1n) is 8.44. The third-order valence-corrected chi connectivity index (χ3v) is 4.80. The van der Waals surface area contributed by atoms with Crippen LogP contribution in [0, 0.1) is 0 Å². The van der Waals surface area contributed by atoms with Gasteiger partial charge >= 0.3 is 0 Å². The van der Waals surface area contributed by atoms with E-state index in [0.29, 0.717) is 15.8 Å². The fourth-order valence-corrected chi connectivity index (χ4v) is 3.43. The average Bonchev–Trinajstić information content (AvgIpc) is 3.34. The Morgan fingerprint density at radius 3 is 2.54 bits per heavy atom. The highest BCUT2D eigenvalue weighted by molar-refractivity contribution is 8.18. The van der Waals surface area contributed by atoms with Crippen molar-refractivity contribution < 1.29 is 9.21 Å². The highest BCUT2D eigenvalue weighted by Crippen LogP contribution is 2.33. The maximum absolute atomic E-state index is 12.9. The molecule has 0 aliphatic carbocycles. The SMILES string of the molecule is O=C1/C(=C/c2cccnc2)S/C(=N/N=C\c2cccnc2)N1Cc1ccco1. The predicted molar refractivity (Wildman–Crippen MR) is 108 cm³/mol. The van der Waals surface area contributed by atoms with Gasteiger partial charge in [-0.05, 0) is 47.7 Å². The van der Waals surface area contributed by atoms with E-state index in [2.05, 4.69) is 20.2 Å². The quantitative estimate of drug-likeness (QED) is 0.378. The van der Waals surface area contributed by atoms with Gasteiger partial charge in [0.25, 0.3) is 5.91 Å². The highest BCUT2D eigenvalue weighted by Gasteiger charge is 2.34. The van der Waals surface area contributed by atoms with Gasteiger partial charge in [0.05, 0.1) is 23.9 Å². The van der Waals surface area contributed by atoms with Gasteiger partial charge in [0, 0.05) is 30.4 Å². The van der Waals surface area contributed by atoms with Gasteiger partial charge in [0.15, 0.2) is 5.17 Å². The Morgan fingerprint density at radius 2 is 1.86 bits per heavy atom. The van der Waals surface area contributed by atoms with E-state index in [-0.39, 0.29) is 12.5 Å². The van der Waals surface area contributed by atoms with Crippen molar-refractivity contribution >= 4 is 35.1 Å². The van der Waals surface area contributed by atoms with Crippen LogP contribution in [0.3, 0.4) is 0 Å². The summed E-state index contributed by atoms with van der Waals surface area (Å²) in [5, 5.41) is 8.85. The van der Waals surface area contributed by atoms with Crippen LogP contribution in [-0.4, -0.2) is 32.2 Å². The van der Waals surface area contributed by atoms with Crippen LogP contribution in [0.25, 0.3) is 6.08 Å². The number of amidine groups is 1. The fraction of sp³-hybridized carbons (Fsp3) is 0.0500. The lowest BCUT2D eigenvalue weighted by molar-refractivity contribution is -0.122. The molecule has 0 aromatic carbocycles. The Hall–Kier alpha value is -3.52. The number of aromatic nitrogens is 2. The normalized spacial score (nSPS) is 17.3. The summed E-state index contributed by atoms with van der Waals surface area (Å²) >= 11 is 1.27. The first-order chi connectivity index (χ1) is 13.8. The molecule has 138 valence electrons. The lowest BCUT2D eigenvalue weighted by Gasteiger charge is -2.12. The van der Waals surface area contributed by atoms with E-state index < -0.39 is 0 Å². The Balaban J connectivity index is 1.61. The van der Waals surface area contributed by atoms with Gasteiger partial charge in [-0.2, -0.15) is 5.10 Å². The minimum Gasteiger partial charge on any atom is -0.467 e. The molecule has 4 heterocycles. The van der Waals surface area contributed by atoms with E-state index in [0.717, 1.165) is 11.1 Å². The summed E-state index contributed by atoms with van der Waals surface area (Å²) in [7, 11) is 0. The minimum absolute atomic E-state index is 0.152. The second-order valence-corrected chi connectivity index (χ2v) is 6.79. The molecule has 1 fully saturated rings. The van der Waals surface area contributed by atoms with Crippen LogP contribution in [-0.2, 0) is 11.3 Å². The molecule has 1 aliphatic heterocycles. The third-order valence-electron chi connectivity index (χ3n) is 3.80. The van der Waals surface area contributed by atoms with E-state index in [4.69, 9.17) is 4.42 Å². The number of nitrogens with zero attached hydrogens (tertiary/aromatic N) is 5. The van der Waals surface area contributed by atoms with Gasteiger partial charge in [0.2, 0.25) is 0 Å². The molecule has 0 radical (unpaired) electrons. The predicted octanol–water partition coefficient (Wildman–Crippen LogP) is 3.58. The highest BCUT2D eigenvalue weighted by atomic mass is 32.2. The van der Waals surface area contributed by atoms with Crippen molar-refractivity contribution in [3.8, 4) is 0 Å². The molecule has 0 unspecified atom stereocenters. The van der Waals surface area contributed by atoms with Gasteiger partial charge in [-0.15, -0.1) is 5.10 Å². The van der Waals surface area contributed by atoms with E-state index in [1.54, 1.807) is 54.3 Å². The molecule has 1 saturated heterocycles. The molecule has 4 rings (SSSR count). The summed E-state index contributed by atoms with van der Waals surface area (Å²) in [4.78, 5) is 23.1. The standard InChI is InChI=1S/C20H15N5O2S/c26-19-18(10-15-4-1-7-21-11-15)28-20(25(19)14-17-6-3-9-27-17)24-23-13-16-5-2-8-22-12-16/h1-13H,14H2/b18-10-,23-13-,24-20+. The molecule has 3 aromatic heterocycles. The van der Waals surface area contributed by atoms with Gasteiger partial charge < -0.3 is 4.42 Å². The third kappa shape index (κ3) is 4.24. The van der Waals surface area contributed by atoms with Crippen LogP contribution < -0.4 is 0 Å². The first-order valence-corrected chi connectivity index (χ1v) is 9.26.